The lowest BCUT2D eigenvalue weighted by Crippen LogP contribution is -2.36. The molecule has 0 spiro atoms. The Hall–Kier alpha value is -2.09. The first-order valence-corrected chi connectivity index (χ1v) is 8.45. The molecule has 112 valence electrons. The lowest BCUT2D eigenvalue weighted by Gasteiger charge is -2.12. The molecule has 0 saturated carbocycles. The molecule has 0 unspecified atom stereocenters. The van der Waals surface area contributed by atoms with Gasteiger partial charge in [-0.15, -0.1) is 0 Å². The number of hydrogen-bond acceptors (Lipinski definition) is 4. The fourth-order valence-corrected chi connectivity index (χ4v) is 4.22. The van der Waals surface area contributed by atoms with E-state index in [2.05, 4.69) is 10.4 Å². The molecule has 2 aromatic rings. The molecule has 1 saturated heterocycles. The van der Waals surface area contributed by atoms with Crippen molar-refractivity contribution in [2.24, 2.45) is 7.05 Å². The van der Waals surface area contributed by atoms with Gasteiger partial charge in [0.05, 0.1) is 17.7 Å². The van der Waals surface area contributed by atoms with Crippen molar-refractivity contribution in [3.63, 3.8) is 0 Å². The summed E-state index contributed by atoms with van der Waals surface area (Å²) >= 11 is 0. The molecule has 0 aromatic carbocycles. The van der Waals surface area contributed by atoms with Crippen molar-refractivity contribution in [2.75, 3.05) is 11.5 Å². The van der Waals surface area contributed by atoms with Crippen molar-refractivity contribution >= 4 is 15.7 Å². The van der Waals surface area contributed by atoms with E-state index in [4.69, 9.17) is 0 Å². The number of nitrogens with one attached hydrogen (secondary N) is 1. The predicted octanol–water partition coefficient (Wildman–Crippen LogP) is 0.128. The maximum absolute atomic E-state index is 12.4. The Morgan fingerprint density at radius 1 is 1.38 bits per heavy atom. The first-order valence-electron chi connectivity index (χ1n) is 6.63. The first-order chi connectivity index (χ1) is 9.96. The summed E-state index contributed by atoms with van der Waals surface area (Å²) in [6.07, 6.45) is 5.61. The minimum absolute atomic E-state index is 0.0118. The van der Waals surface area contributed by atoms with Crippen LogP contribution in [0, 0.1) is 0 Å². The molecule has 1 fully saturated rings. The lowest BCUT2D eigenvalue weighted by molar-refractivity contribution is 0.0941. The van der Waals surface area contributed by atoms with Crippen LogP contribution in [0.15, 0.2) is 30.7 Å². The lowest BCUT2D eigenvalue weighted by atomic mass is 10.2. The molecule has 1 aliphatic rings. The van der Waals surface area contributed by atoms with Gasteiger partial charge in [0.1, 0.15) is 11.4 Å². The Labute approximate surface area is 122 Å². The topological polar surface area (TPSA) is 86.0 Å². The molecule has 0 aliphatic carbocycles. The number of carbonyl (C=O) groups is 1. The third kappa shape index (κ3) is 2.71. The molecule has 1 N–H and O–H groups in total. The predicted molar refractivity (Wildman–Crippen MR) is 77.1 cm³/mol. The van der Waals surface area contributed by atoms with E-state index < -0.39 is 9.84 Å². The quantitative estimate of drug-likeness (QED) is 0.873. The Bertz CT molecular complexity index is 761. The van der Waals surface area contributed by atoms with E-state index in [1.54, 1.807) is 16.3 Å². The summed E-state index contributed by atoms with van der Waals surface area (Å²) in [7, 11) is -1.26. The van der Waals surface area contributed by atoms with Crippen LogP contribution in [0.4, 0.5) is 0 Å². The average molecular weight is 308 g/mol. The summed E-state index contributed by atoms with van der Waals surface area (Å²) in [5.41, 5.74) is 0.429. The van der Waals surface area contributed by atoms with Crippen LogP contribution in [-0.4, -0.2) is 46.2 Å². The fraction of sp³-hybridized carbons (Fsp3) is 0.385. The van der Waals surface area contributed by atoms with Gasteiger partial charge in [-0.05, 0) is 18.6 Å². The van der Waals surface area contributed by atoms with Crippen LogP contribution in [-0.2, 0) is 16.9 Å². The summed E-state index contributed by atoms with van der Waals surface area (Å²) in [6, 6.07) is 3.40. The zero-order valence-electron chi connectivity index (χ0n) is 11.6. The van der Waals surface area contributed by atoms with Gasteiger partial charge in [0.25, 0.3) is 5.91 Å². The van der Waals surface area contributed by atoms with Crippen LogP contribution >= 0.6 is 0 Å². The van der Waals surface area contributed by atoms with E-state index in [1.165, 1.54) is 6.20 Å². The number of aromatic nitrogens is 3. The van der Waals surface area contributed by atoms with Gasteiger partial charge in [-0.25, -0.2) is 8.42 Å². The molecule has 7 nitrogen and oxygen atoms in total. The summed E-state index contributed by atoms with van der Waals surface area (Å²) in [5, 5.41) is 6.90. The molecule has 1 aliphatic heterocycles. The van der Waals surface area contributed by atoms with Crippen LogP contribution in [0.5, 0.6) is 0 Å². The number of sulfone groups is 1. The molecule has 8 heteroatoms. The highest BCUT2D eigenvalue weighted by atomic mass is 32.2. The second-order valence-electron chi connectivity index (χ2n) is 5.17. The Morgan fingerprint density at radius 2 is 2.10 bits per heavy atom. The van der Waals surface area contributed by atoms with Crippen molar-refractivity contribution in [1.82, 2.24) is 19.7 Å². The molecule has 21 heavy (non-hydrogen) atoms. The summed E-state index contributed by atoms with van der Waals surface area (Å²) in [4.78, 5) is 12.4. The molecule has 3 rings (SSSR count). The van der Waals surface area contributed by atoms with Gasteiger partial charge in [-0.3, -0.25) is 9.48 Å². The van der Waals surface area contributed by atoms with Gasteiger partial charge >= 0.3 is 0 Å². The van der Waals surface area contributed by atoms with E-state index in [0.29, 0.717) is 17.8 Å². The standard InChI is InChI=1S/C13H16N4O3S/c1-16-13(17-5-2-3-6-17)11(8-14-16)12(18)15-10-4-7-21(19,20)9-10/h2-3,5-6,8,10H,4,7,9H2,1H3,(H,15,18)/t10-/m1/s1. The third-order valence-corrected chi connectivity index (χ3v) is 5.34. The number of rotatable bonds is 3. The average Bonchev–Trinajstić information content (AvgIpc) is 3.09. The smallest absolute Gasteiger partial charge is 0.256 e. The van der Waals surface area contributed by atoms with Crippen molar-refractivity contribution in [1.29, 1.82) is 0 Å². The van der Waals surface area contributed by atoms with Gasteiger partial charge < -0.3 is 9.88 Å². The third-order valence-electron chi connectivity index (χ3n) is 3.57. The van der Waals surface area contributed by atoms with Crippen LogP contribution in [0.3, 0.4) is 0 Å². The van der Waals surface area contributed by atoms with E-state index in [1.807, 2.05) is 24.5 Å². The second-order valence-corrected chi connectivity index (χ2v) is 7.40. The van der Waals surface area contributed by atoms with Crippen LogP contribution in [0.1, 0.15) is 16.8 Å². The van der Waals surface area contributed by atoms with Gasteiger partial charge in [0.15, 0.2) is 9.84 Å². The summed E-state index contributed by atoms with van der Waals surface area (Å²) < 4.78 is 26.3. The highest BCUT2D eigenvalue weighted by Crippen LogP contribution is 2.16. The first kappa shape index (κ1) is 13.9. The SMILES string of the molecule is Cn1ncc(C(=O)N[C@@H]2CCS(=O)(=O)C2)c1-n1cccc1. The number of hydrogen-bond donors (Lipinski definition) is 1. The molecule has 1 amide bonds. The molecular weight excluding hydrogens is 292 g/mol. The normalized spacial score (nSPS) is 20.5. The second kappa shape index (κ2) is 5.03. The van der Waals surface area contributed by atoms with E-state index in [9.17, 15) is 13.2 Å². The zero-order valence-corrected chi connectivity index (χ0v) is 12.4. The van der Waals surface area contributed by atoms with Gasteiger partial charge in [0.2, 0.25) is 0 Å². The molecule has 2 aromatic heterocycles. The van der Waals surface area contributed by atoms with Gasteiger partial charge in [-0.2, -0.15) is 5.10 Å². The largest absolute Gasteiger partial charge is 0.348 e. The maximum atomic E-state index is 12.4. The maximum Gasteiger partial charge on any atom is 0.256 e. The minimum Gasteiger partial charge on any atom is -0.348 e. The van der Waals surface area contributed by atoms with Crippen molar-refractivity contribution < 1.29 is 13.2 Å². The Morgan fingerprint density at radius 3 is 2.71 bits per heavy atom. The highest BCUT2D eigenvalue weighted by Gasteiger charge is 2.30. The monoisotopic (exact) mass is 308 g/mol. The molecule has 3 heterocycles. The molecule has 0 bridgehead atoms. The van der Waals surface area contributed by atoms with Crippen molar-refractivity contribution in [2.45, 2.75) is 12.5 Å². The molecular formula is C13H16N4O3S. The molecule has 1 atom stereocenters. The minimum atomic E-state index is -3.01. The summed E-state index contributed by atoms with van der Waals surface area (Å²) in [6.45, 7) is 0. The van der Waals surface area contributed by atoms with Gasteiger partial charge in [0, 0.05) is 25.5 Å². The number of amides is 1. The van der Waals surface area contributed by atoms with Crippen LogP contribution in [0.2, 0.25) is 0 Å². The highest BCUT2D eigenvalue weighted by molar-refractivity contribution is 7.91. The Balaban J connectivity index is 1.83. The van der Waals surface area contributed by atoms with E-state index in [-0.39, 0.29) is 23.5 Å². The number of nitrogens with zero attached hydrogens (tertiary/aromatic N) is 3. The van der Waals surface area contributed by atoms with Crippen LogP contribution < -0.4 is 5.32 Å². The number of aryl methyl sites for hydroxylation is 1. The number of carbonyl (C=O) groups excluding carboxylic acids is 1. The van der Waals surface area contributed by atoms with Crippen molar-refractivity contribution in [3.05, 3.63) is 36.3 Å². The van der Waals surface area contributed by atoms with E-state index in [0.717, 1.165) is 0 Å². The van der Waals surface area contributed by atoms with E-state index >= 15 is 0 Å². The van der Waals surface area contributed by atoms with Crippen LogP contribution in [0.25, 0.3) is 5.82 Å². The summed E-state index contributed by atoms with van der Waals surface area (Å²) in [5.74, 6) is 0.500. The Kier molecular flexibility index (Phi) is 3.32. The van der Waals surface area contributed by atoms with Gasteiger partial charge in [-0.1, -0.05) is 0 Å². The zero-order chi connectivity index (χ0) is 15.0. The fourth-order valence-electron chi connectivity index (χ4n) is 2.55. The molecule has 0 radical (unpaired) electrons. The van der Waals surface area contributed by atoms with Crippen molar-refractivity contribution in [3.8, 4) is 5.82 Å².